The van der Waals surface area contributed by atoms with Crippen molar-refractivity contribution in [1.29, 1.82) is 0 Å². The first kappa shape index (κ1) is 28.4. The summed E-state index contributed by atoms with van der Waals surface area (Å²) >= 11 is 1.57. The van der Waals surface area contributed by atoms with Crippen LogP contribution in [0, 0.1) is 10.8 Å². The normalized spacial score (nSPS) is 12.8. The Kier molecular flexibility index (Phi) is 8.99. The summed E-state index contributed by atoms with van der Waals surface area (Å²) in [6.07, 6.45) is 0. The SMILES string of the molecule is CC.COc1ccc(C(C)(C)C(C)(C)C)cc1Sc1cc(C(C)(C)C(C)(C)C)ccc1O. The molecule has 0 atom stereocenters. The van der Waals surface area contributed by atoms with Crippen molar-refractivity contribution in [3.05, 3.63) is 47.5 Å². The maximum Gasteiger partial charge on any atom is 0.132 e. The van der Waals surface area contributed by atoms with Crippen LogP contribution in [0.25, 0.3) is 0 Å². The van der Waals surface area contributed by atoms with Crippen LogP contribution in [0.3, 0.4) is 0 Å². The molecule has 180 valence electrons. The summed E-state index contributed by atoms with van der Waals surface area (Å²) in [6, 6.07) is 12.4. The van der Waals surface area contributed by atoms with Gasteiger partial charge in [-0.1, -0.05) is 107 Å². The Morgan fingerprint density at radius 2 is 1.06 bits per heavy atom. The third-order valence-corrected chi connectivity index (χ3v) is 8.62. The van der Waals surface area contributed by atoms with Gasteiger partial charge in [0.2, 0.25) is 0 Å². The highest BCUT2D eigenvalue weighted by Gasteiger charge is 2.36. The molecule has 2 aromatic rings. The molecule has 2 nitrogen and oxygen atoms in total. The van der Waals surface area contributed by atoms with E-state index < -0.39 is 0 Å². The van der Waals surface area contributed by atoms with E-state index in [1.54, 1.807) is 18.9 Å². The molecule has 0 saturated carbocycles. The van der Waals surface area contributed by atoms with Gasteiger partial charge in [0.25, 0.3) is 0 Å². The number of ether oxygens (including phenoxy) is 1. The molecule has 3 heteroatoms. The number of phenolic OH excluding ortho intramolecular Hbond substituents is 1. The summed E-state index contributed by atoms with van der Waals surface area (Å²) in [5, 5.41) is 10.6. The molecule has 0 spiro atoms. The second-order valence-corrected chi connectivity index (χ2v) is 12.5. The van der Waals surface area contributed by atoms with Gasteiger partial charge >= 0.3 is 0 Å². The van der Waals surface area contributed by atoms with Gasteiger partial charge in [-0.3, -0.25) is 0 Å². The highest BCUT2D eigenvalue weighted by molar-refractivity contribution is 7.99. The maximum atomic E-state index is 10.6. The van der Waals surface area contributed by atoms with Crippen molar-refractivity contribution in [1.82, 2.24) is 0 Å². The molecule has 0 heterocycles. The molecule has 0 aliphatic heterocycles. The molecule has 0 aliphatic rings. The van der Waals surface area contributed by atoms with Crippen LogP contribution in [0.2, 0.25) is 0 Å². The lowest BCUT2D eigenvalue weighted by molar-refractivity contribution is 0.225. The highest BCUT2D eigenvalue weighted by atomic mass is 32.2. The summed E-state index contributed by atoms with van der Waals surface area (Å²) < 4.78 is 5.66. The van der Waals surface area contributed by atoms with E-state index in [2.05, 4.69) is 87.4 Å². The van der Waals surface area contributed by atoms with Crippen molar-refractivity contribution >= 4 is 11.8 Å². The number of hydrogen-bond acceptors (Lipinski definition) is 3. The van der Waals surface area contributed by atoms with Gasteiger partial charge in [0.05, 0.1) is 16.9 Å². The van der Waals surface area contributed by atoms with Crippen LogP contribution in [0.5, 0.6) is 11.5 Å². The van der Waals surface area contributed by atoms with Crippen LogP contribution in [-0.4, -0.2) is 12.2 Å². The Hall–Kier alpha value is -1.61. The fourth-order valence-corrected chi connectivity index (χ4v) is 4.15. The summed E-state index contributed by atoms with van der Waals surface area (Å²) in [6.45, 7) is 26.7. The quantitative estimate of drug-likeness (QED) is 0.484. The van der Waals surface area contributed by atoms with Crippen molar-refractivity contribution in [2.75, 3.05) is 7.11 Å². The zero-order chi connectivity index (χ0) is 25.1. The lowest BCUT2D eigenvalue weighted by Crippen LogP contribution is -2.34. The average Bonchev–Trinajstić information content (AvgIpc) is 2.69. The highest BCUT2D eigenvalue weighted by Crippen LogP contribution is 2.47. The van der Waals surface area contributed by atoms with E-state index in [4.69, 9.17) is 4.74 Å². The predicted molar refractivity (Wildman–Crippen MR) is 142 cm³/mol. The molecular weight excluding hydrogens is 412 g/mol. The molecular formula is C29H46O2S. The number of hydrogen-bond donors (Lipinski definition) is 1. The molecule has 0 unspecified atom stereocenters. The molecule has 1 N–H and O–H groups in total. The minimum atomic E-state index is -0.0316. The van der Waals surface area contributed by atoms with Gasteiger partial charge in [0.1, 0.15) is 11.5 Å². The zero-order valence-corrected chi connectivity index (χ0v) is 23.5. The van der Waals surface area contributed by atoms with Crippen molar-refractivity contribution in [3.63, 3.8) is 0 Å². The van der Waals surface area contributed by atoms with E-state index >= 15 is 0 Å². The van der Waals surface area contributed by atoms with Crippen LogP contribution >= 0.6 is 11.8 Å². The van der Waals surface area contributed by atoms with Crippen molar-refractivity contribution in [3.8, 4) is 11.5 Å². The number of methoxy groups -OCH3 is 1. The summed E-state index contributed by atoms with van der Waals surface area (Å²) in [5.41, 5.74) is 2.66. The van der Waals surface area contributed by atoms with E-state index in [1.807, 2.05) is 32.0 Å². The minimum absolute atomic E-state index is 0.00724. The Balaban J connectivity index is 0.00000249. The van der Waals surface area contributed by atoms with Crippen LogP contribution in [0.4, 0.5) is 0 Å². The van der Waals surface area contributed by atoms with E-state index in [0.717, 1.165) is 15.5 Å². The first-order valence-electron chi connectivity index (χ1n) is 11.7. The second-order valence-electron chi connectivity index (χ2n) is 11.4. The fourth-order valence-electron chi connectivity index (χ4n) is 3.11. The van der Waals surface area contributed by atoms with Crippen molar-refractivity contribution in [2.45, 2.75) is 104 Å². The first-order valence-corrected chi connectivity index (χ1v) is 12.5. The number of aromatic hydroxyl groups is 1. The van der Waals surface area contributed by atoms with Gasteiger partial charge in [-0.15, -0.1) is 0 Å². The zero-order valence-electron chi connectivity index (χ0n) is 22.7. The summed E-state index contributed by atoms with van der Waals surface area (Å²) in [4.78, 5) is 1.88. The molecule has 0 fully saturated rings. The number of benzene rings is 2. The molecule has 2 rings (SSSR count). The molecule has 0 aliphatic carbocycles. The Morgan fingerprint density at radius 3 is 1.47 bits per heavy atom. The third-order valence-electron chi connectivity index (χ3n) is 7.54. The molecule has 32 heavy (non-hydrogen) atoms. The van der Waals surface area contributed by atoms with Gasteiger partial charge in [0, 0.05) is 0 Å². The second kappa shape index (κ2) is 10.1. The van der Waals surface area contributed by atoms with E-state index in [-0.39, 0.29) is 21.7 Å². The molecule has 0 saturated heterocycles. The van der Waals surface area contributed by atoms with Crippen LogP contribution in [-0.2, 0) is 10.8 Å². The van der Waals surface area contributed by atoms with E-state index in [9.17, 15) is 5.11 Å². The van der Waals surface area contributed by atoms with E-state index in [1.165, 1.54) is 11.1 Å². The van der Waals surface area contributed by atoms with Gasteiger partial charge in [-0.2, -0.15) is 0 Å². The van der Waals surface area contributed by atoms with Crippen LogP contribution in [0.1, 0.15) is 94.2 Å². The van der Waals surface area contributed by atoms with Crippen molar-refractivity contribution < 1.29 is 9.84 Å². The van der Waals surface area contributed by atoms with Gasteiger partial charge in [-0.25, -0.2) is 0 Å². The standard InChI is InChI=1S/C27H40O2S.C2H6/c1-24(2,3)26(7,8)18-12-14-20(28)22(16-18)30-23-17-19(13-15-21(23)29-11)27(9,10)25(4,5)6;1-2/h12-17,28H,1-11H3;1-2H3. The van der Waals surface area contributed by atoms with Gasteiger partial charge in [0.15, 0.2) is 0 Å². The number of phenols is 1. The third kappa shape index (κ3) is 5.84. The Bertz CT molecular complexity index is 896. The van der Waals surface area contributed by atoms with Crippen LogP contribution < -0.4 is 4.74 Å². The average molecular weight is 459 g/mol. The van der Waals surface area contributed by atoms with Crippen molar-refractivity contribution in [2.24, 2.45) is 10.8 Å². The Labute approximate surface area is 202 Å². The van der Waals surface area contributed by atoms with Crippen LogP contribution in [0.15, 0.2) is 46.2 Å². The monoisotopic (exact) mass is 458 g/mol. The minimum Gasteiger partial charge on any atom is -0.507 e. The molecule has 2 aromatic carbocycles. The number of rotatable bonds is 5. The summed E-state index contributed by atoms with van der Waals surface area (Å²) in [7, 11) is 1.70. The summed E-state index contributed by atoms with van der Waals surface area (Å²) in [5.74, 6) is 1.13. The molecule has 0 bridgehead atoms. The Morgan fingerprint density at radius 1 is 0.656 bits per heavy atom. The van der Waals surface area contributed by atoms with Gasteiger partial charge in [-0.05, 0) is 57.1 Å². The predicted octanol–water partition coefficient (Wildman–Crippen LogP) is 9.23. The lowest BCUT2D eigenvalue weighted by Gasteiger charge is -2.40. The lowest BCUT2D eigenvalue weighted by atomic mass is 9.65. The molecule has 0 radical (unpaired) electrons. The first-order chi connectivity index (χ1) is 14.5. The fraction of sp³-hybridized carbons (Fsp3) is 0.586. The molecule has 0 aromatic heterocycles. The maximum absolute atomic E-state index is 10.6. The largest absolute Gasteiger partial charge is 0.507 e. The topological polar surface area (TPSA) is 29.5 Å². The smallest absolute Gasteiger partial charge is 0.132 e. The van der Waals surface area contributed by atoms with Gasteiger partial charge < -0.3 is 9.84 Å². The van der Waals surface area contributed by atoms with E-state index in [0.29, 0.717) is 5.75 Å². The molecule has 0 amide bonds.